The Hall–Kier alpha value is -2.21. The van der Waals surface area contributed by atoms with Crippen molar-refractivity contribution in [3.8, 4) is 0 Å². The van der Waals surface area contributed by atoms with Gasteiger partial charge in [-0.2, -0.15) is 0 Å². The number of carboxylic acid groups (broad SMARTS) is 1. The van der Waals surface area contributed by atoms with Crippen LogP contribution in [0.25, 0.3) is 0 Å². The number of hydrogen-bond donors (Lipinski definition) is 3. The number of benzene rings is 1. The molecule has 2 amide bonds. The molecule has 0 saturated carbocycles. The third-order valence-electron chi connectivity index (χ3n) is 2.32. The van der Waals surface area contributed by atoms with E-state index in [0.29, 0.717) is 11.1 Å². The second-order valence-electron chi connectivity index (χ2n) is 3.59. The van der Waals surface area contributed by atoms with Crippen molar-refractivity contribution in [1.29, 1.82) is 0 Å². The van der Waals surface area contributed by atoms with Crippen LogP contribution in [-0.4, -0.2) is 34.1 Å². The van der Waals surface area contributed by atoms with Crippen LogP contribution in [0.15, 0.2) is 24.3 Å². The van der Waals surface area contributed by atoms with Gasteiger partial charge in [0.15, 0.2) is 6.10 Å². The number of aliphatic hydroxyl groups is 1. The number of fused-ring (bicyclic) bond motifs is 1. The highest BCUT2D eigenvalue weighted by Gasteiger charge is 2.25. The lowest BCUT2D eigenvalue weighted by atomic mass is 10.1. The number of rotatable bonds is 2. The van der Waals surface area contributed by atoms with E-state index in [1.807, 2.05) is 0 Å². The number of carbonyl (C=O) groups is 3. The number of aliphatic hydroxyl groups excluding tert-OH is 1. The van der Waals surface area contributed by atoms with E-state index in [4.69, 9.17) is 10.2 Å². The minimum absolute atomic E-state index is 0.273. The first-order valence-corrected chi connectivity index (χ1v) is 5.33. The second-order valence-corrected chi connectivity index (χ2v) is 3.59. The summed E-state index contributed by atoms with van der Waals surface area (Å²) in [6.07, 6.45) is -0.907. The van der Waals surface area contributed by atoms with E-state index in [0.717, 1.165) is 0 Å². The van der Waals surface area contributed by atoms with Crippen molar-refractivity contribution >= 4 is 17.8 Å². The van der Waals surface area contributed by atoms with E-state index in [1.54, 1.807) is 31.2 Å². The number of carboxylic acids is 1. The molecule has 96 valence electrons. The van der Waals surface area contributed by atoms with Gasteiger partial charge in [0.05, 0.1) is 11.1 Å². The summed E-state index contributed by atoms with van der Waals surface area (Å²) < 4.78 is 0. The Morgan fingerprint density at radius 1 is 1.22 bits per heavy atom. The molecule has 0 aromatic heterocycles. The predicted molar refractivity (Wildman–Crippen MR) is 62.2 cm³/mol. The molecule has 0 fully saturated rings. The maximum atomic E-state index is 10.9. The molecule has 0 bridgehead atoms. The molecular formula is C12H13NO5. The zero-order valence-electron chi connectivity index (χ0n) is 9.71. The lowest BCUT2D eigenvalue weighted by Gasteiger charge is -1.95. The van der Waals surface area contributed by atoms with Gasteiger partial charge in [-0.05, 0) is 18.6 Å². The summed E-state index contributed by atoms with van der Waals surface area (Å²) in [7, 11) is 0. The van der Waals surface area contributed by atoms with Gasteiger partial charge < -0.3 is 10.2 Å². The first-order chi connectivity index (χ1) is 8.47. The summed E-state index contributed by atoms with van der Waals surface area (Å²) in [5.41, 5.74) is 0.940. The summed E-state index contributed by atoms with van der Waals surface area (Å²) in [6, 6.07) is 6.74. The van der Waals surface area contributed by atoms with Gasteiger partial charge in [-0.1, -0.05) is 19.1 Å². The second kappa shape index (κ2) is 5.92. The monoisotopic (exact) mass is 251 g/mol. The molecule has 1 aliphatic rings. The third-order valence-corrected chi connectivity index (χ3v) is 2.32. The molecule has 1 atom stereocenters. The van der Waals surface area contributed by atoms with Crippen LogP contribution in [0, 0.1) is 0 Å². The standard InChI is InChI=1S/C8H5NO2.C4H8O3/c10-7-5-3-1-2-4-6(5)8(11)9-7;1-2-3(5)4(6)7/h1-4H,(H,9,10,11);3,5H,2H2,1H3,(H,6,7). The summed E-state index contributed by atoms with van der Waals surface area (Å²) in [5, 5.41) is 18.5. The van der Waals surface area contributed by atoms with E-state index in [1.165, 1.54) is 0 Å². The van der Waals surface area contributed by atoms with Crippen LogP contribution in [0.5, 0.6) is 0 Å². The molecule has 1 aromatic carbocycles. The predicted octanol–water partition coefficient (Wildman–Crippen LogP) is 0.412. The molecule has 1 heterocycles. The fourth-order valence-electron chi connectivity index (χ4n) is 1.29. The number of hydrogen-bond acceptors (Lipinski definition) is 4. The molecule has 18 heavy (non-hydrogen) atoms. The van der Waals surface area contributed by atoms with Crippen molar-refractivity contribution in [3.63, 3.8) is 0 Å². The Balaban J connectivity index is 0.000000203. The van der Waals surface area contributed by atoms with Gasteiger partial charge in [-0.25, -0.2) is 4.79 Å². The Morgan fingerprint density at radius 2 is 1.67 bits per heavy atom. The highest BCUT2D eigenvalue weighted by molar-refractivity contribution is 6.21. The highest BCUT2D eigenvalue weighted by atomic mass is 16.4. The SMILES string of the molecule is CCC(O)C(=O)O.O=C1NC(=O)c2ccccc21. The average molecular weight is 251 g/mol. The molecule has 0 spiro atoms. The van der Waals surface area contributed by atoms with E-state index in [-0.39, 0.29) is 18.2 Å². The highest BCUT2D eigenvalue weighted by Crippen LogP contribution is 2.13. The smallest absolute Gasteiger partial charge is 0.332 e. The summed E-state index contributed by atoms with van der Waals surface area (Å²) in [5.74, 6) is -1.75. The lowest BCUT2D eigenvalue weighted by molar-refractivity contribution is -0.146. The molecule has 0 radical (unpaired) electrons. The van der Waals surface area contributed by atoms with E-state index >= 15 is 0 Å². The fourth-order valence-corrected chi connectivity index (χ4v) is 1.29. The van der Waals surface area contributed by atoms with Crippen LogP contribution >= 0.6 is 0 Å². The van der Waals surface area contributed by atoms with Crippen LogP contribution < -0.4 is 5.32 Å². The zero-order chi connectivity index (χ0) is 13.7. The minimum atomic E-state index is -1.18. The van der Waals surface area contributed by atoms with Crippen molar-refractivity contribution < 1.29 is 24.6 Å². The van der Waals surface area contributed by atoms with E-state index in [2.05, 4.69) is 5.32 Å². The van der Waals surface area contributed by atoms with Crippen LogP contribution in [0.1, 0.15) is 34.1 Å². The Labute approximate surface area is 103 Å². The van der Waals surface area contributed by atoms with Gasteiger partial charge in [0.2, 0.25) is 0 Å². The molecule has 2 rings (SSSR count). The molecule has 6 heteroatoms. The Bertz CT molecular complexity index is 450. The van der Waals surface area contributed by atoms with Crippen LogP contribution in [0.2, 0.25) is 0 Å². The number of imide groups is 1. The first kappa shape index (κ1) is 13.9. The summed E-state index contributed by atoms with van der Waals surface area (Å²) >= 11 is 0. The Morgan fingerprint density at radius 3 is 1.94 bits per heavy atom. The number of nitrogens with one attached hydrogen (secondary N) is 1. The van der Waals surface area contributed by atoms with Crippen molar-refractivity contribution in [3.05, 3.63) is 35.4 Å². The average Bonchev–Trinajstić information content (AvgIpc) is 2.65. The van der Waals surface area contributed by atoms with Gasteiger partial charge >= 0.3 is 5.97 Å². The van der Waals surface area contributed by atoms with E-state index in [9.17, 15) is 14.4 Å². The maximum absolute atomic E-state index is 10.9. The Kier molecular flexibility index (Phi) is 4.56. The quantitative estimate of drug-likeness (QED) is 0.660. The van der Waals surface area contributed by atoms with Gasteiger partial charge in [0.25, 0.3) is 11.8 Å². The zero-order valence-corrected chi connectivity index (χ0v) is 9.71. The van der Waals surface area contributed by atoms with Crippen molar-refractivity contribution in [2.75, 3.05) is 0 Å². The molecule has 0 saturated heterocycles. The van der Waals surface area contributed by atoms with Gasteiger partial charge in [0, 0.05) is 0 Å². The molecule has 1 aliphatic heterocycles. The molecule has 0 aliphatic carbocycles. The first-order valence-electron chi connectivity index (χ1n) is 5.33. The third kappa shape index (κ3) is 3.14. The normalized spacial score (nSPS) is 14.1. The molecule has 1 aromatic rings. The number of aliphatic carboxylic acids is 1. The molecular weight excluding hydrogens is 238 g/mol. The van der Waals surface area contributed by atoms with Gasteiger partial charge in [-0.3, -0.25) is 14.9 Å². The van der Waals surface area contributed by atoms with E-state index < -0.39 is 12.1 Å². The fraction of sp³-hybridized carbons (Fsp3) is 0.250. The van der Waals surface area contributed by atoms with Gasteiger partial charge in [0.1, 0.15) is 0 Å². The topological polar surface area (TPSA) is 104 Å². The van der Waals surface area contributed by atoms with Crippen LogP contribution in [-0.2, 0) is 4.79 Å². The summed E-state index contributed by atoms with van der Waals surface area (Å²) in [4.78, 5) is 31.6. The number of carbonyl (C=O) groups excluding carboxylic acids is 2. The van der Waals surface area contributed by atoms with Crippen LogP contribution in [0.4, 0.5) is 0 Å². The largest absolute Gasteiger partial charge is 0.479 e. The van der Waals surface area contributed by atoms with Crippen molar-refractivity contribution in [2.45, 2.75) is 19.4 Å². The molecule has 3 N–H and O–H groups in total. The number of amides is 2. The lowest BCUT2D eigenvalue weighted by Crippen LogP contribution is -2.19. The van der Waals surface area contributed by atoms with Crippen molar-refractivity contribution in [1.82, 2.24) is 5.32 Å². The minimum Gasteiger partial charge on any atom is -0.479 e. The van der Waals surface area contributed by atoms with Crippen LogP contribution in [0.3, 0.4) is 0 Å². The maximum Gasteiger partial charge on any atom is 0.332 e. The molecule has 6 nitrogen and oxygen atoms in total. The molecule has 1 unspecified atom stereocenters. The van der Waals surface area contributed by atoms with Crippen molar-refractivity contribution in [2.24, 2.45) is 0 Å². The van der Waals surface area contributed by atoms with Gasteiger partial charge in [-0.15, -0.1) is 0 Å². The summed E-state index contributed by atoms with van der Waals surface area (Å²) in [6.45, 7) is 1.61.